The number of allylic oxidation sites excluding steroid dienone is 2. The highest BCUT2D eigenvalue weighted by atomic mass is 32.1. The fourth-order valence-corrected chi connectivity index (χ4v) is 4.27. The van der Waals surface area contributed by atoms with Crippen LogP contribution >= 0.6 is 11.3 Å². The van der Waals surface area contributed by atoms with E-state index in [1.165, 1.54) is 4.70 Å². The molecule has 24 heavy (non-hydrogen) atoms. The topological polar surface area (TPSA) is 59.8 Å². The zero-order valence-electron chi connectivity index (χ0n) is 13.3. The number of nitrogens with zero attached hydrogens (tertiary/aromatic N) is 3. The Balaban J connectivity index is 1.60. The summed E-state index contributed by atoms with van der Waals surface area (Å²) in [5.74, 6) is 0.621. The summed E-state index contributed by atoms with van der Waals surface area (Å²) in [5, 5.41) is 8.21. The maximum Gasteiger partial charge on any atom is 0.229 e. The van der Waals surface area contributed by atoms with E-state index in [9.17, 15) is 4.79 Å². The molecule has 5 nitrogen and oxygen atoms in total. The van der Waals surface area contributed by atoms with Gasteiger partial charge >= 0.3 is 0 Å². The molecule has 1 aromatic carbocycles. The zero-order valence-corrected chi connectivity index (χ0v) is 14.2. The molecule has 0 saturated heterocycles. The van der Waals surface area contributed by atoms with Crippen molar-refractivity contribution in [3.8, 4) is 0 Å². The number of amides is 1. The maximum atomic E-state index is 12.8. The number of para-hydroxylation sites is 1. The Morgan fingerprint density at radius 3 is 2.88 bits per heavy atom. The number of rotatable bonds is 3. The minimum atomic E-state index is -0.113. The monoisotopic (exact) mass is 338 g/mol. The Labute approximate surface area is 144 Å². The second-order valence-corrected chi connectivity index (χ2v) is 7.10. The second-order valence-electron chi connectivity index (χ2n) is 6.04. The number of fused-ring (bicyclic) bond motifs is 1. The average Bonchev–Trinajstić information content (AvgIpc) is 3.20. The van der Waals surface area contributed by atoms with Crippen molar-refractivity contribution in [1.82, 2.24) is 14.8 Å². The van der Waals surface area contributed by atoms with Crippen LogP contribution in [0.15, 0.2) is 48.7 Å². The van der Waals surface area contributed by atoms with Crippen LogP contribution in [-0.2, 0) is 11.8 Å². The first-order valence-electron chi connectivity index (χ1n) is 8.01. The number of thiazole rings is 1. The molecule has 1 N–H and O–H groups in total. The molecule has 0 spiro atoms. The molecule has 2 aromatic heterocycles. The van der Waals surface area contributed by atoms with Crippen molar-refractivity contribution in [2.75, 3.05) is 5.32 Å². The molecule has 0 aliphatic heterocycles. The van der Waals surface area contributed by atoms with Crippen LogP contribution in [0.1, 0.15) is 23.8 Å². The van der Waals surface area contributed by atoms with Crippen molar-refractivity contribution in [3.05, 3.63) is 53.7 Å². The number of aromatic nitrogens is 3. The van der Waals surface area contributed by atoms with Gasteiger partial charge in [-0.2, -0.15) is 5.10 Å². The van der Waals surface area contributed by atoms with Gasteiger partial charge in [0.2, 0.25) is 5.91 Å². The van der Waals surface area contributed by atoms with Gasteiger partial charge in [-0.1, -0.05) is 24.3 Å². The van der Waals surface area contributed by atoms with Crippen molar-refractivity contribution in [3.63, 3.8) is 0 Å². The smallest absolute Gasteiger partial charge is 0.229 e. The number of hydrogen-bond acceptors (Lipinski definition) is 4. The molecule has 6 heteroatoms. The highest BCUT2D eigenvalue weighted by Gasteiger charge is 2.32. The Bertz CT molecular complexity index is 878. The van der Waals surface area contributed by atoms with E-state index in [4.69, 9.17) is 4.98 Å². The summed E-state index contributed by atoms with van der Waals surface area (Å²) >= 11 is 1.69. The van der Waals surface area contributed by atoms with E-state index in [1.807, 2.05) is 37.5 Å². The Morgan fingerprint density at radius 1 is 1.25 bits per heavy atom. The highest BCUT2D eigenvalue weighted by molar-refractivity contribution is 7.18. The first-order valence-corrected chi connectivity index (χ1v) is 8.83. The summed E-state index contributed by atoms with van der Waals surface area (Å²) in [6.45, 7) is 0. The van der Waals surface area contributed by atoms with E-state index in [2.05, 4.69) is 28.6 Å². The van der Waals surface area contributed by atoms with E-state index in [0.717, 1.165) is 23.4 Å². The molecule has 122 valence electrons. The van der Waals surface area contributed by atoms with Crippen molar-refractivity contribution >= 4 is 33.3 Å². The molecule has 4 rings (SSSR count). The molecular formula is C18H18N4OS. The molecule has 3 aromatic rings. The summed E-state index contributed by atoms with van der Waals surface area (Å²) in [6.07, 6.45) is 7.65. The second kappa shape index (κ2) is 6.20. The molecule has 2 heterocycles. The number of nitrogens with one attached hydrogen (secondary N) is 1. The van der Waals surface area contributed by atoms with Gasteiger partial charge in [0.15, 0.2) is 5.82 Å². The molecule has 0 fully saturated rings. The number of carbonyl (C=O) groups is 1. The molecule has 1 aliphatic rings. The van der Waals surface area contributed by atoms with Crippen molar-refractivity contribution in [1.29, 1.82) is 0 Å². The van der Waals surface area contributed by atoms with Gasteiger partial charge in [0, 0.05) is 25.2 Å². The largest absolute Gasteiger partial charge is 0.309 e. The van der Waals surface area contributed by atoms with Gasteiger partial charge in [0.05, 0.1) is 21.1 Å². The van der Waals surface area contributed by atoms with Crippen LogP contribution in [-0.4, -0.2) is 20.7 Å². The van der Waals surface area contributed by atoms with Gasteiger partial charge in [-0.15, -0.1) is 11.3 Å². The number of hydrogen-bond donors (Lipinski definition) is 1. The Kier molecular flexibility index (Phi) is 3.90. The van der Waals surface area contributed by atoms with E-state index in [-0.39, 0.29) is 17.7 Å². The van der Waals surface area contributed by atoms with Crippen LogP contribution in [0.25, 0.3) is 10.2 Å². The number of aryl methyl sites for hydroxylation is 1. The molecule has 2 atom stereocenters. The molecule has 1 amide bonds. The number of benzene rings is 1. The summed E-state index contributed by atoms with van der Waals surface area (Å²) < 4.78 is 2.85. The quantitative estimate of drug-likeness (QED) is 0.741. The normalized spacial score (nSPS) is 20.4. The van der Waals surface area contributed by atoms with Gasteiger partial charge in [-0.05, 0) is 25.0 Å². The van der Waals surface area contributed by atoms with E-state index < -0.39 is 0 Å². The van der Waals surface area contributed by atoms with Gasteiger partial charge < -0.3 is 5.32 Å². The molecule has 0 saturated carbocycles. The van der Waals surface area contributed by atoms with Crippen molar-refractivity contribution < 1.29 is 4.79 Å². The fraction of sp³-hybridized carbons (Fsp3) is 0.278. The Hall–Kier alpha value is -2.47. The standard InChI is InChI=1S/C18H18N4OS/c1-22-11-10-16(21-22)20-17(23)12-6-2-3-7-13(12)18-19-14-8-4-5-9-15(14)24-18/h2-5,8-13H,6-7H2,1H3,(H,20,21,23). The Morgan fingerprint density at radius 2 is 2.08 bits per heavy atom. The maximum absolute atomic E-state index is 12.8. The predicted octanol–water partition coefficient (Wildman–Crippen LogP) is 3.72. The van der Waals surface area contributed by atoms with Crippen LogP contribution in [0.5, 0.6) is 0 Å². The summed E-state index contributed by atoms with van der Waals surface area (Å²) in [6, 6.07) is 9.94. The molecule has 0 bridgehead atoms. The van der Waals surface area contributed by atoms with Gasteiger partial charge in [0.1, 0.15) is 0 Å². The summed E-state index contributed by atoms with van der Waals surface area (Å²) in [4.78, 5) is 17.5. The van der Waals surface area contributed by atoms with Crippen LogP contribution in [0.3, 0.4) is 0 Å². The molecule has 1 aliphatic carbocycles. The summed E-state index contributed by atoms with van der Waals surface area (Å²) in [7, 11) is 1.84. The third kappa shape index (κ3) is 2.85. The van der Waals surface area contributed by atoms with Crippen LogP contribution in [0.4, 0.5) is 5.82 Å². The molecule has 0 radical (unpaired) electrons. The van der Waals surface area contributed by atoms with Crippen LogP contribution in [0.2, 0.25) is 0 Å². The van der Waals surface area contributed by atoms with Crippen molar-refractivity contribution in [2.24, 2.45) is 13.0 Å². The predicted molar refractivity (Wildman–Crippen MR) is 96.1 cm³/mol. The lowest BCUT2D eigenvalue weighted by Crippen LogP contribution is -2.29. The van der Waals surface area contributed by atoms with Gasteiger partial charge in [-0.25, -0.2) is 4.98 Å². The van der Waals surface area contributed by atoms with Crippen LogP contribution < -0.4 is 5.32 Å². The summed E-state index contributed by atoms with van der Waals surface area (Å²) in [5.41, 5.74) is 1.01. The molecular weight excluding hydrogens is 320 g/mol. The highest BCUT2D eigenvalue weighted by Crippen LogP contribution is 2.38. The fourth-order valence-electron chi connectivity index (χ4n) is 3.13. The van der Waals surface area contributed by atoms with E-state index in [1.54, 1.807) is 16.0 Å². The van der Waals surface area contributed by atoms with E-state index >= 15 is 0 Å². The number of anilines is 1. The average molecular weight is 338 g/mol. The van der Waals surface area contributed by atoms with Crippen LogP contribution in [0, 0.1) is 5.92 Å². The zero-order chi connectivity index (χ0) is 16.5. The lowest BCUT2D eigenvalue weighted by molar-refractivity contribution is -0.120. The third-order valence-corrected chi connectivity index (χ3v) is 5.53. The first-order chi connectivity index (χ1) is 11.7. The SMILES string of the molecule is Cn1ccc(NC(=O)C2CC=CCC2c2nc3ccccc3s2)n1. The third-order valence-electron chi connectivity index (χ3n) is 4.36. The van der Waals surface area contributed by atoms with Crippen molar-refractivity contribution in [2.45, 2.75) is 18.8 Å². The number of carbonyl (C=O) groups excluding carboxylic acids is 1. The minimum absolute atomic E-state index is 0.0160. The molecule has 2 unspecified atom stereocenters. The van der Waals surface area contributed by atoms with Gasteiger partial charge in [0.25, 0.3) is 0 Å². The first kappa shape index (κ1) is 15.1. The lowest BCUT2D eigenvalue weighted by atomic mass is 9.82. The van der Waals surface area contributed by atoms with E-state index in [0.29, 0.717) is 5.82 Å². The minimum Gasteiger partial charge on any atom is -0.309 e. The lowest BCUT2D eigenvalue weighted by Gasteiger charge is -2.25. The van der Waals surface area contributed by atoms with Gasteiger partial charge in [-0.3, -0.25) is 9.48 Å².